The maximum Gasteiger partial charge on any atom is 0.223 e. The number of rotatable bonds is 2. The third kappa shape index (κ3) is 2.65. The Morgan fingerprint density at radius 2 is 2.12 bits per heavy atom. The number of nitrogens with two attached hydrogens (primary N) is 1. The zero-order valence-corrected chi connectivity index (χ0v) is 14.1. The molecule has 1 atom stereocenters. The molecule has 1 aromatic carbocycles. The van der Waals surface area contributed by atoms with Gasteiger partial charge >= 0.3 is 0 Å². The van der Waals surface area contributed by atoms with E-state index in [-0.39, 0.29) is 28.6 Å². The third-order valence-corrected chi connectivity index (χ3v) is 4.51. The highest BCUT2D eigenvalue weighted by Gasteiger charge is 2.42. The Hall–Kier alpha value is -2.74. The van der Waals surface area contributed by atoms with Gasteiger partial charge in [0, 0.05) is 6.42 Å². The second-order valence-electron chi connectivity index (χ2n) is 7.00. The van der Waals surface area contributed by atoms with E-state index in [4.69, 9.17) is 15.2 Å². The number of hydrogen-bond acceptors (Lipinski definition) is 5. The van der Waals surface area contributed by atoms with E-state index in [9.17, 15) is 10.1 Å². The van der Waals surface area contributed by atoms with Crippen molar-refractivity contribution >= 4 is 5.78 Å². The predicted molar refractivity (Wildman–Crippen MR) is 88.7 cm³/mol. The molecule has 1 aliphatic carbocycles. The monoisotopic (exact) mass is 324 g/mol. The van der Waals surface area contributed by atoms with E-state index in [1.165, 1.54) is 0 Å². The quantitative estimate of drug-likeness (QED) is 0.903. The molecule has 0 spiro atoms. The Morgan fingerprint density at radius 1 is 1.38 bits per heavy atom. The largest absolute Gasteiger partial charge is 0.497 e. The zero-order valence-electron chi connectivity index (χ0n) is 14.1. The number of nitrogens with zero attached hydrogens (tertiary/aromatic N) is 1. The van der Waals surface area contributed by atoms with Gasteiger partial charge in [0.1, 0.15) is 11.8 Å². The summed E-state index contributed by atoms with van der Waals surface area (Å²) in [5.74, 6) is 0.577. The van der Waals surface area contributed by atoms with Crippen molar-refractivity contribution in [2.45, 2.75) is 32.6 Å². The fraction of sp³-hybridized carbons (Fsp3) is 0.368. The standard InChI is InChI=1S/C19H20N2O3/c1-19(2)8-13-16(11-5-4-6-12(7-11)23-3)17(21)15(10-20)24-18(13)14(22)9-19/h4-7,16H,8-9,21H2,1-3H3. The molecule has 0 radical (unpaired) electrons. The molecule has 0 saturated heterocycles. The van der Waals surface area contributed by atoms with Gasteiger partial charge < -0.3 is 15.2 Å². The van der Waals surface area contributed by atoms with Crippen molar-refractivity contribution in [3.05, 3.63) is 52.6 Å². The van der Waals surface area contributed by atoms with Crippen molar-refractivity contribution in [3.63, 3.8) is 0 Å². The molecule has 0 amide bonds. The summed E-state index contributed by atoms with van der Waals surface area (Å²) in [6.07, 6.45) is 1.09. The van der Waals surface area contributed by atoms with Crippen molar-refractivity contribution in [1.82, 2.24) is 0 Å². The van der Waals surface area contributed by atoms with Crippen LogP contribution < -0.4 is 10.5 Å². The molecule has 124 valence electrons. The molecule has 2 N–H and O–H groups in total. The van der Waals surface area contributed by atoms with E-state index in [1.807, 2.05) is 30.3 Å². The van der Waals surface area contributed by atoms with Gasteiger partial charge in [-0.25, -0.2) is 0 Å². The Bertz CT molecular complexity index is 812. The van der Waals surface area contributed by atoms with Crippen LogP contribution in [0.2, 0.25) is 0 Å². The minimum absolute atomic E-state index is 0.00891. The van der Waals surface area contributed by atoms with Gasteiger partial charge in [0.2, 0.25) is 5.76 Å². The first-order valence-corrected chi connectivity index (χ1v) is 7.84. The molecule has 1 aromatic rings. The normalized spacial score (nSPS) is 22.6. The van der Waals surface area contributed by atoms with Crippen LogP contribution in [0.3, 0.4) is 0 Å². The molecule has 1 aliphatic heterocycles. The van der Waals surface area contributed by atoms with Gasteiger partial charge in [-0.1, -0.05) is 26.0 Å². The summed E-state index contributed by atoms with van der Waals surface area (Å²) in [7, 11) is 1.60. The fourth-order valence-corrected chi connectivity index (χ4v) is 3.48. The summed E-state index contributed by atoms with van der Waals surface area (Å²) in [4.78, 5) is 12.5. The Morgan fingerprint density at radius 3 is 2.79 bits per heavy atom. The number of carbonyl (C=O) groups is 1. The van der Waals surface area contributed by atoms with Crippen LogP contribution in [0.25, 0.3) is 0 Å². The van der Waals surface area contributed by atoms with Crippen molar-refractivity contribution < 1.29 is 14.3 Å². The number of ether oxygens (including phenoxy) is 2. The number of hydrogen-bond donors (Lipinski definition) is 1. The van der Waals surface area contributed by atoms with Crippen LogP contribution in [0, 0.1) is 16.7 Å². The summed E-state index contributed by atoms with van der Waals surface area (Å²) in [6.45, 7) is 4.11. The zero-order chi connectivity index (χ0) is 17.5. The minimum atomic E-state index is -0.345. The lowest BCUT2D eigenvalue weighted by atomic mass is 9.70. The van der Waals surface area contributed by atoms with Crippen LogP contribution in [0.1, 0.15) is 38.2 Å². The molecule has 0 saturated carbocycles. The highest BCUT2D eigenvalue weighted by molar-refractivity contribution is 5.96. The summed E-state index contributed by atoms with van der Waals surface area (Å²) < 4.78 is 10.9. The highest BCUT2D eigenvalue weighted by Crippen LogP contribution is 2.48. The lowest BCUT2D eigenvalue weighted by Crippen LogP contribution is -2.33. The molecular formula is C19H20N2O3. The number of allylic oxidation sites excluding steroid dienone is 3. The van der Waals surface area contributed by atoms with Gasteiger partial charge in [-0.15, -0.1) is 0 Å². The van der Waals surface area contributed by atoms with Crippen LogP contribution in [0.15, 0.2) is 47.1 Å². The summed E-state index contributed by atoms with van der Waals surface area (Å²) in [5.41, 5.74) is 8.16. The highest BCUT2D eigenvalue weighted by atomic mass is 16.5. The minimum Gasteiger partial charge on any atom is -0.497 e. The molecule has 3 rings (SSSR count). The Labute approximate surface area is 141 Å². The fourth-order valence-electron chi connectivity index (χ4n) is 3.48. The van der Waals surface area contributed by atoms with Crippen LogP contribution in [-0.2, 0) is 9.53 Å². The molecule has 1 heterocycles. The van der Waals surface area contributed by atoms with Gasteiger partial charge in [0.25, 0.3) is 0 Å². The predicted octanol–water partition coefficient (Wildman–Crippen LogP) is 3.15. The molecule has 2 aliphatic rings. The van der Waals surface area contributed by atoms with Gasteiger partial charge in [-0.3, -0.25) is 4.79 Å². The summed E-state index contributed by atoms with van der Waals surface area (Å²) in [5, 5.41) is 9.33. The molecule has 0 aromatic heterocycles. The van der Waals surface area contributed by atoms with E-state index in [2.05, 4.69) is 13.8 Å². The van der Waals surface area contributed by atoms with Crippen molar-refractivity contribution in [2.24, 2.45) is 11.1 Å². The Kier molecular flexibility index (Phi) is 3.84. The van der Waals surface area contributed by atoms with Crippen LogP contribution in [0.4, 0.5) is 0 Å². The first-order chi connectivity index (χ1) is 11.4. The van der Waals surface area contributed by atoms with Gasteiger partial charge in [-0.2, -0.15) is 5.26 Å². The summed E-state index contributed by atoms with van der Waals surface area (Å²) in [6, 6.07) is 9.50. The molecule has 0 fully saturated rings. The van der Waals surface area contributed by atoms with Crippen molar-refractivity contribution in [1.29, 1.82) is 5.26 Å². The molecule has 5 heteroatoms. The smallest absolute Gasteiger partial charge is 0.223 e. The van der Waals surface area contributed by atoms with Crippen LogP contribution in [-0.4, -0.2) is 12.9 Å². The van der Waals surface area contributed by atoms with E-state index in [0.29, 0.717) is 24.3 Å². The maximum atomic E-state index is 12.5. The molecule has 5 nitrogen and oxygen atoms in total. The lowest BCUT2D eigenvalue weighted by molar-refractivity contribution is -0.121. The number of benzene rings is 1. The number of Topliss-reactive ketones (excluding diaryl/α,β-unsaturated/α-hetero) is 1. The maximum absolute atomic E-state index is 12.5. The second-order valence-corrected chi connectivity index (χ2v) is 7.00. The first-order valence-electron chi connectivity index (χ1n) is 7.84. The number of methoxy groups -OCH3 is 1. The van der Waals surface area contributed by atoms with E-state index in [1.54, 1.807) is 7.11 Å². The van der Waals surface area contributed by atoms with E-state index in [0.717, 1.165) is 11.1 Å². The van der Waals surface area contributed by atoms with Gasteiger partial charge in [0.15, 0.2) is 11.5 Å². The SMILES string of the molecule is COc1cccc(C2C(N)=C(C#N)OC3=C2CC(C)(C)CC3=O)c1. The molecular weight excluding hydrogens is 304 g/mol. The number of nitriles is 1. The molecule has 0 bridgehead atoms. The van der Waals surface area contributed by atoms with Gasteiger partial charge in [-0.05, 0) is 35.1 Å². The van der Waals surface area contributed by atoms with Crippen LogP contribution >= 0.6 is 0 Å². The average molecular weight is 324 g/mol. The Balaban J connectivity index is 2.18. The molecule has 1 unspecified atom stereocenters. The lowest BCUT2D eigenvalue weighted by Gasteiger charge is -2.37. The topological polar surface area (TPSA) is 85.3 Å². The second kappa shape index (κ2) is 5.72. The van der Waals surface area contributed by atoms with E-state index >= 15 is 0 Å². The van der Waals surface area contributed by atoms with E-state index < -0.39 is 0 Å². The van der Waals surface area contributed by atoms with Gasteiger partial charge in [0.05, 0.1) is 18.7 Å². The number of ketones is 1. The number of carbonyl (C=O) groups excluding carboxylic acids is 1. The third-order valence-electron chi connectivity index (χ3n) is 4.51. The average Bonchev–Trinajstić information content (AvgIpc) is 2.53. The molecule has 24 heavy (non-hydrogen) atoms. The van der Waals surface area contributed by atoms with Crippen molar-refractivity contribution in [2.75, 3.05) is 7.11 Å². The first kappa shape index (κ1) is 16.1. The van der Waals surface area contributed by atoms with Crippen molar-refractivity contribution in [3.8, 4) is 11.8 Å². The summed E-state index contributed by atoms with van der Waals surface area (Å²) >= 11 is 0. The van der Waals surface area contributed by atoms with Crippen LogP contribution in [0.5, 0.6) is 5.75 Å².